The average Bonchev–Trinajstić information content (AvgIpc) is 1.83. The fourth-order valence-corrected chi connectivity index (χ4v) is 26.2. The van der Waals surface area contributed by atoms with Gasteiger partial charge in [-0.3, -0.25) is 0 Å². The van der Waals surface area contributed by atoms with Crippen LogP contribution in [0.3, 0.4) is 0 Å². The first-order valence-electron chi connectivity index (χ1n) is 7.01. The molecule has 0 aliphatic heterocycles. The molecule has 0 unspecified atom stereocenters. The van der Waals surface area contributed by atoms with Crippen LogP contribution in [-0.4, -0.2) is 40.9 Å². The molecule has 21 heavy (non-hydrogen) atoms. The van der Waals surface area contributed by atoms with Crippen molar-refractivity contribution in [3.63, 3.8) is 0 Å². The van der Waals surface area contributed by atoms with Crippen molar-refractivity contribution in [2.75, 3.05) is 0 Å². The summed E-state index contributed by atoms with van der Waals surface area (Å²) >= 11 is 12.1. The average molecular weight is 426 g/mol. The summed E-state index contributed by atoms with van der Waals surface area (Å²) in [5, 5.41) is 0. The van der Waals surface area contributed by atoms with E-state index in [-0.39, 0.29) is 0 Å². The Hall–Kier alpha value is 1.50. The Balaban J connectivity index is 4.83. The molecule has 11 heteroatoms. The number of hydrogen-bond donors (Lipinski definition) is 0. The standard InChI is InChI=1S/C10H30Cl2O4Si5/c1-17(2,3)13-18(4,5)14-19(6,7)15-20(8,9)16-21(10,11)12/h1-10H3. The Morgan fingerprint density at radius 3 is 1.05 bits per heavy atom. The van der Waals surface area contributed by atoms with Gasteiger partial charge < -0.3 is 16.5 Å². The summed E-state index contributed by atoms with van der Waals surface area (Å²) in [6, 6.07) is 0. The maximum Gasteiger partial charge on any atom is 0.377 e. The van der Waals surface area contributed by atoms with Gasteiger partial charge in [0, 0.05) is 0 Å². The molecule has 0 atom stereocenters. The predicted octanol–water partition coefficient (Wildman–Crippen LogP) is 5.04. The van der Waals surface area contributed by atoms with Crippen LogP contribution in [0.15, 0.2) is 0 Å². The van der Waals surface area contributed by atoms with Crippen LogP contribution in [0, 0.1) is 0 Å². The zero-order valence-electron chi connectivity index (χ0n) is 14.9. The normalized spacial score (nSPS) is 15.4. The second kappa shape index (κ2) is 7.17. The molecule has 0 aliphatic carbocycles. The lowest BCUT2D eigenvalue weighted by Crippen LogP contribution is -2.57. The first-order chi connectivity index (χ1) is 8.83. The second-order valence-electron chi connectivity index (χ2n) is 7.53. The lowest BCUT2D eigenvalue weighted by Gasteiger charge is -2.40. The van der Waals surface area contributed by atoms with Crippen molar-refractivity contribution >= 4 is 63.1 Å². The molecule has 0 aromatic rings. The zero-order valence-corrected chi connectivity index (χ0v) is 21.4. The van der Waals surface area contributed by atoms with Gasteiger partial charge in [-0.2, -0.15) is 0 Å². The number of hydrogen-bond acceptors (Lipinski definition) is 4. The van der Waals surface area contributed by atoms with Gasteiger partial charge in [0.1, 0.15) is 0 Å². The van der Waals surface area contributed by atoms with Crippen LogP contribution in [0.2, 0.25) is 65.5 Å². The Bertz CT molecular complexity index is 320. The summed E-state index contributed by atoms with van der Waals surface area (Å²) < 4.78 is 24.5. The summed E-state index contributed by atoms with van der Waals surface area (Å²) in [7, 11) is -8.66. The lowest BCUT2D eigenvalue weighted by molar-refractivity contribution is 0.302. The molecule has 4 nitrogen and oxygen atoms in total. The van der Waals surface area contributed by atoms with E-state index in [2.05, 4.69) is 32.7 Å². The van der Waals surface area contributed by atoms with E-state index in [4.69, 9.17) is 38.6 Å². The Morgan fingerprint density at radius 1 is 0.476 bits per heavy atom. The lowest BCUT2D eigenvalue weighted by atomic mass is 11.8. The van der Waals surface area contributed by atoms with Crippen LogP contribution >= 0.6 is 22.2 Å². The topological polar surface area (TPSA) is 36.9 Å². The highest BCUT2D eigenvalue weighted by atomic mass is 35.7. The minimum absolute atomic E-state index is 1.64. The van der Waals surface area contributed by atoms with E-state index in [0.29, 0.717) is 0 Å². The molecule has 0 heterocycles. The quantitative estimate of drug-likeness (QED) is 0.403. The molecule has 0 spiro atoms. The van der Waals surface area contributed by atoms with Crippen molar-refractivity contribution in [2.45, 2.75) is 65.5 Å². The van der Waals surface area contributed by atoms with Crippen molar-refractivity contribution in [3.8, 4) is 0 Å². The first-order valence-corrected chi connectivity index (χ1v) is 23.3. The van der Waals surface area contributed by atoms with Gasteiger partial charge in [0.05, 0.1) is 0 Å². The van der Waals surface area contributed by atoms with Gasteiger partial charge in [-0.15, -0.1) is 22.2 Å². The fourth-order valence-electron chi connectivity index (χ4n) is 2.42. The van der Waals surface area contributed by atoms with E-state index in [1.54, 1.807) is 6.55 Å². The van der Waals surface area contributed by atoms with E-state index in [1.807, 2.05) is 26.2 Å². The van der Waals surface area contributed by atoms with Gasteiger partial charge in [-0.05, 0) is 65.5 Å². The maximum absolute atomic E-state index is 6.30. The Labute approximate surface area is 144 Å². The van der Waals surface area contributed by atoms with Gasteiger partial charge in [-0.1, -0.05) is 0 Å². The monoisotopic (exact) mass is 424 g/mol. The van der Waals surface area contributed by atoms with Crippen LogP contribution in [0.25, 0.3) is 0 Å². The molecule has 0 fully saturated rings. The van der Waals surface area contributed by atoms with E-state index in [1.165, 1.54) is 0 Å². The Morgan fingerprint density at radius 2 is 0.762 bits per heavy atom. The Kier molecular flexibility index (Phi) is 7.69. The van der Waals surface area contributed by atoms with Crippen molar-refractivity contribution in [2.24, 2.45) is 0 Å². The van der Waals surface area contributed by atoms with E-state index >= 15 is 0 Å². The second-order valence-corrected chi connectivity index (χ2v) is 29.9. The van der Waals surface area contributed by atoms with Gasteiger partial charge in [0.25, 0.3) is 0 Å². The minimum atomic E-state index is -2.65. The molecule has 0 amide bonds. The highest BCUT2D eigenvalue weighted by Crippen LogP contribution is 2.27. The number of rotatable bonds is 8. The molecule has 0 aromatic carbocycles. The molecule has 0 aromatic heterocycles. The third kappa shape index (κ3) is 12.6. The maximum atomic E-state index is 6.30. The highest BCUT2D eigenvalue weighted by Gasteiger charge is 2.45. The fraction of sp³-hybridized carbons (Fsp3) is 1.00. The third-order valence-electron chi connectivity index (χ3n) is 1.96. The molecule has 0 aliphatic rings. The summed E-state index contributed by atoms with van der Waals surface area (Å²) in [6.45, 7) is 17.7. The van der Waals surface area contributed by atoms with Crippen molar-refractivity contribution < 1.29 is 16.5 Å². The van der Waals surface area contributed by atoms with Gasteiger partial charge in [0.15, 0.2) is 8.32 Å². The van der Waals surface area contributed by atoms with Crippen molar-refractivity contribution in [3.05, 3.63) is 0 Å². The molecule has 128 valence electrons. The predicted molar refractivity (Wildman–Crippen MR) is 103 cm³/mol. The molecule has 0 saturated carbocycles. The van der Waals surface area contributed by atoms with Crippen LogP contribution in [0.1, 0.15) is 0 Å². The minimum Gasteiger partial charge on any atom is -0.437 e. The molecular weight excluding hydrogens is 395 g/mol. The smallest absolute Gasteiger partial charge is 0.377 e. The largest absolute Gasteiger partial charge is 0.437 e. The van der Waals surface area contributed by atoms with E-state index in [0.717, 1.165) is 0 Å². The third-order valence-corrected chi connectivity index (χ3v) is 19.0. The summed E-state index contributed by atoms with van der Waals surface area (Å²) in [5.41, 5.74) is 0. The molecule has 0 radical (unpaired) electrons. The molecule has 0 rings (SSSR count). The van der Waals surface area contributed by atoms with Gasteiger partial charge in [0.2, 0.25) is 0 Å². The van der Waals surface area contributed by atoms with Crippen LogP contribution < -0.4 is 0 Å². The van der Waals surface area contributed by atoms with Crippen LogP contribution in [0.4, 0.5) is 0 Å². The SMILES string of the molecule is C[Si](C)(C)O[Si](C)(C)O[Si](C)(C)O[Si](C)(C)O[Si](C)(Cl)Cl. The zero-order chi connectivity index (χ0) is 17.3. The molecule has 0 N–H and O–H groups in total. The first kappa shape index (κ1) is 22.5. The molecule has 0 bridgehead atoms. The van der Waals surface area contributed by atoms with Gasteiger partial charge >= 0.3 is 32.6 Å². The van der Waals surface area contributed by atoms with Crippen LogP contribution in [0.5, 0.6) is 0 Å². The van der Waals surface area contributed by atoms with Gasteiger partial charge in [-0.25, -0.2) is 0 Å². The summed E-state index contributed by atoms with van der Waals surface area (Å²) in [4.78, 5) is 0. The van der Waals surface area contributed by atoms with E-state index < -0.39 is 40.9 Å². The van der Waals surface area contributed by atoms with Crippen molar-refractivity contribution in [1.82, 2.24) is 0 Å². The van der Waals surface area contributed by atoms with E-state index in [9.17, 15) is 0 Å². The van der Waals surface area contributed by atoms with Crippen LogP contribution in [-0.2, 0) is 16.5 Å². The summed E-state index contributed by atoms with van der Waals surface area (Å²) in [6.07, 6.45) is 0. The molecular formula is C10H30Cl2O4Si5. The summed E-state index contributed by atoms with van der Waals surface area (Å²) in [5.74, 6) is 0. The number of halogens is 2. The highest BCUT2D eigenvalue weighted by molar-refractivity contribution is 7.43. The van der Waals surface area contributed by atoms with Crippen molar-refractivity contribution in [1.29, 1.82) is 0 Å². The molecule has 0 saturated heterocycles.